The molecule has 1 amide bonds. The van der Waals surface area contributed by atoms with Crippen molar-refractivity contribution in [3.8, 4) is 0 Å². The highest BCUT2D eigenvalue weighted by Crippen LogP contribution is 2.18. The molecule has 0 spiro atoms. The molecule has 1 unspecified atom stereocenters. The van der Waals surface area contributed by atoms with E-state index in [1.54, 1.807) is 0 Å². The van der Waals surface area contributed by atoms with Crippen LogP contribution >= 0.6 is 12.2 Å². The van der Waals surface area contributed by atoms with Crippen LogP contribution in [0.5, 0.6) is 0 Å². The van der Waals surface area contributed by atoms with Crippen LogP contribution in [0.2, 0.25) is 0 Å². The summed E-state index contributed by atoms with van der Waals surface area (Å²) >= 11 is 5.00. The third-order valence-corrected chi connectivity index (χ3v) is 4.03. The van der Waals surface area contributed by atoms with Crippen LogP contribution in [0, 0.1) is 0 Å². The maximum absolute atomic E-state index is 12.5. The minimum absolute atomic E-state index is 0.113. The predicted molar refractivity (Wildman–Crippen MR) is 87.6 cm³/mol. The molecule has 2 rings (SSSR count). The first-order chi connectivity index (χ1) is 10.0. The minimum Gasteiger partial charge on any atom is -0.389 e. The lowest BCUT2D eigenvalue weighted by atomic mass is 10.1. The molecule has 0 aromatic heterocycles. The Morgan fingerprint density at radius 1 is 1.43 bits per heavy atom. The second-order valence-electron chi connectivity index (χ2n) is 5.14. The van der Waals surface area contributed by atoms with Crippen LogP contribution in [0.25, 0.3) is 0 Å². The summed E-state index contributed by atoms with van der Waals surface area (Å²) in [5.74, 6) is 0.113. The van der Waals surface area contributed by atoms with E-state index in [9.17, 15) is 4.79 Å². The number of hydrogen-bond acceptors (Lipinski definition) is 4. The molecular formula is C15H21N3O2S. The normalized spacial score (nSPS) is 16.4. The molecule has 114 valence electrons. The van der Waals surface area contributed by atoms with Gasteiger partial charge in [-0.25, -0.2) is 0 Å². The van der Waals surface area contributed by atoms with E-state index in [4.69, 9.17) is 22.7 Å². The van der Waals surface area contributed by atoms with E-state index in [1.165, 1.54) is 0 Å². The molecule has 0 aliphatic carbocycles. The Labute approximate surface area is 130 Å². The fraction of sp³-hybridized carbons (Fsp3) is 0.467. The van der Waals surface area contributed by atoms with E-state index in [0.29, 0.717) is 31.3 Å². The van der Waals surface area contributed by atoms with E-state index < -0.39 is 0 Å². The number of rotatable bonds is 4. The number of thiocarbonyl (C=S) groups is 1. The Hall–Kier alpha value is -1.66. The molecule has 1 atom stereocenters. The van der Waals surface area contributed by atoms with Crippen molar-refractivity contribution in [2.75, 3.05) is 38.3 Å². The second-order valence-corrected chi connectivity index (χ2v) is 5.58. The van der Waals surface area contributed by atoms with Crippen molar-refractivity contribution in [2.45, 2.75) is 13.0 Å². The summed E-state index contributed by atoms with van der Waals surface area (Å²) in [5.41, 5.74) is 7.39. The molecule has 0 bridgehead atoms. The van der Waals surface area contributed by atoms with Crippen molar-refractivity contribution in [3.05, 3.63) is 29.8 Å². The molecule has 1 aliphatic heterocycles. The fourth-order valence-corrected chi connectivity index (χ4v) is 2.44. The molecule has 1 aromatic carbocycles. The summed E-state index contributed by atoms with van der Waals surface area (Å²) in [6.07, 6.45) is 0. The Kier molecular flexibility index (Phi) is 5.14. The largest absolute Gasteiger partial charge is 0.389 e. The standard InChI is InChI=1S/C15H21N3O2S/c1-11(15(19)18-6-8-20-9-7-18)17(2)13-5-3-4-12(10-13)14(16)21/h3-5,10-11H,6-9H2,1-2H3,(H2,16,21). The summed E-state index contributed by atoms with van der Waals surface area (Å²) in [7, 11) is 1.90. The van der Waals surface area contributed by atoms with Gasteiger partial charge in [-0.15, -0.1) is 0 Å². The van der Waals surface area contributed by atoms with Gasteiger partial charge in [0.15, 0.2) is 0 Å². The van der Waals surface area contributed by atoms with Crippen molar-refractivity contribution in [3.63, 3.8) is 0 Å². The number of carbonyl (C=O) groups is 1. The van der Waals surface area contributed by atoms with Gasteiger partial charge in [0.1, 0.15) is 11.0 Å². The minimum atomic E-state index is -0.246. The van der Waals surface area contributed by atoms with E-state index in [-0.39, 0.29) is 11.9 Å². The lowest BCUT2D eigenvalue weighted by molar-refractivity contribution is -0.136. The third-order valence-electron chi connectivity index (χ3n) is 3.80. The lowest BCUT2D eigenvalue weighted by Gasteiger charge is -2.33. The Balaban J connectivity index is 2.10. The summed E-state index contributed by atoms with van der Waals surface area (Å²) in [6.45, 7) is 4.44. The molecule has 0 radical (unpaired) electrons. The average molecular weight is 307 g/mol. The van der Waals surface area contributed by atoms with Gasteiger partial charge in [-0.05, 0) is 19.1 Å². The molecule has 1 heterocycles. The maximum atomic E-state index is 12.5. The van der Waals surface area contributed by atoms with Crippen LogP contribution in [0.4, 0.5) is 5.69 Å². The van der Waals surface area contributed by atoms with Gasteiger partial charge in [0.2, 0.25) is 5.91 Å². The average Bonchev–Trinajstić information content (AvgIpc) is 2.53. The Bertz CT molecular complexity index is 529. The van der Waals surface area contributed by atoms with Crippen molar-refractivity contribution in [1.29, 1.82) is 0 Å². The fourth-order valence-electron chi connectivity index (χ4n) is 2.32. The van der Waals surface area contributed by atoms with Gasteiger partial charge < -0.3 is 20.3 Å². The molecular weight excluding hydrogens is 286 g/mol. The molecule has 0 saturated carbocycles. The van der Waals surface area contributed by atoms with Crippen LogP contribution in [0.3, 0.4) is 0 Å². The molecule has 1 fully saturated rings. The van der Waals surface area contributed by atoms with Gasteiger partial charge in [-0.3, -0.25) is 4.79 Å². The summed E-state index contributed by atoms with van der Waals surface area (Å²) in [5, 5.41) is 0. The first kappa shape index (κ1) is 15.7. The molecule has 1 aliphatic rings. The molecule has 2 N–H and O–H groups in total. The van der Waals surface area contributed by atoms with Crippen LogP contribution < -0.4 is 10.6 Å². The first-order valence-corrected chi connectivity index (χ1v) is 7.40. The Morgan fingerprint density at radius 3 is 2.71 bits per heavy atom. The third kappa shape index (κ3) is 3.71. The quantitative estimate of drug-likeness (QED) is 0.841. The highest BCUT2D eigenvalue weighted by atomic mass is 32.1. The zero-order valence-electron chi connectivity index (χ0n) is 12.4. The zero-order chi connectivity index (χ0) is 15.4. The van der Waals surface area contributed by atoms with Crippen LogP contribution in [-0.2, 0) is 9.53 Å². The molecule has 5 nitrogen and oxygen atoms in total. The summed E-state index contributed by atoms with van der Waals surface area (Å²) < 4.78 is 5.28. The van der Waals surface area contributed by atoms with E-state index in [1.807, 2.05) is 48.0 Å². The van der Waals surface area contributed by atoms with Crippen LogP contribution in [-0.4, -0.2) is 55.2 Å². The number of nitrogens with two attached hydrogens (primary N) is 1. The van der Waals surface area contributed by atoms with Crippen LogP contribution in [0.1, 0.15) is 12.5 Å². The molecule has 1 aromatic rings. The van der Waals surface area contributed by atoms with Gasteiger partial charge in [-0.2, -0.15) is 0 Å². The number of likely N-dealkylation sites (N-methyl/N-ethyl adjacent to an activating group) is 1. The number of carbonyl (C=O) groups excluding carboxylic acids is 1. The van der Waals surface area contributed by atoms with Gasteiger partial charge in [-0.1, -0.05) is 24.4 Å². The zero-order valence-corrected chi connectivity index (χ0v) is 13.2. The summed E-state index contributed by atoms with van der Waals surface area (Å²) in [4.78, 5) is 16.7. The highest BCUT2D eigenvalue weighted by Gasteiger charge is 2.25. The van der Waals surface area contributed by atoms with Crippen molar-refractivity contribution < 1.29 is 9.53 Å². The molecule has 21 heavy (non-hydrogen) atoms. The maximum Gasteiger partial charge on any atom is 0.245 e. The van der Waals surface area contributed by atoms with E-state index >= 15 is 0 Å². The number of anilines is 1. The topological polar surface area (TPSA) is 58.8 Å². The van der Waals surface area contributed by atoms with E-state index in [2.05, 4.69) is 0 Å². The smallest absolute Gasteiger partial charge is 0.245 e. The Morgan fingerprint density at radius 2 is 2.10 bits per heavy atom. The number of amides is 1. The molecule has 1 saturated heterocycles. The number of hydrogen-bond donors (Lipinski definition) is 1. The molecule has 6 heteroatoms. The van der Waals surface area contributed by atoms with E-state index in [0.717, 1.165) is 11.3 Å². The lowest BCUT2D eigenvalue weighted by Crippen LogP contribution is -2.49. The van der Waals surface area contributed by atoms with Gasteiger partial charge in [0, 0.05) is 31.4 Å². The van der Waals surface area contributed by atoms with Gasteiger partial charge >= 0.3 is 0 Å². The second kappa shape index (κ2) is 6.87. The van der Waals surface area contributed by atoms with Gasteiger partial charge in [0.25, 0.3) is 0 Å². The number of benzene rings is 1. The van der Waals surface area contributed by atoms with Crippen molar-refractivity contribution in [2.24, 2.45) is 5.73 Å². The SMILES string of the molecule is CC(C(=O)N1CCOCC1)N(C)c1cccc(C(N)=S)c1. The monoisotopic (exact) mass is 307 g/mol. The number of ether oxygens (including phenoxy) is 1. The van der Waals surface area contributed by atoms with Gasteiger partial charge in [0.05, 0.1) is 13.2 Å². The number of nitrogens with zero attached hydrogens (tertiary/aromatic N) is 2. The van der Waals surface area contributed by atoms with Crippen molar-refractivity contribution in [1.82, 2.24) is 4.90 Å². The summed E-state index contributed by atoms with van der Waals surface area (Å²) in [6, 6.07) is 7.38. The number of morpholine rings is 1. The van der Waals surface area contributed by atoms with Crippen molar-refractivity contribution >= 4 is 28.8 Å². The first-order valence-electron chi connectivity index (χ1n) is 7.00. The highest BCUT2D eigenvalue weighted by molar-refractivity contribution is 7.80. The predicted octanol–water partition coefficient (Wildman–Crippen LogP) is 1.00. The van der Waals surface area contributed by atoms with Crippen LogP contribution in [0.15, 0.2) is 24.3 Å².